The first-order valence-electron chi connectivity index (χ1n) is 6.15. The number of ether oxygens (including phenoxy) is 1. The van der Waals surface area contributed by atoms with E-state index < -0.39 is 0 Å². The molecule has 2 nitrogen and oxygen atoms in total. The topological polar surface area (TPSA) is 21.3 Å². The van der Waals surface area contributed by atoms with Gasteiger partial charge < -0.3 is 10.1 Å². The zero-order chi connectivity index (χ0) is 12.3. The number of hydrogen-bond acceptors (Lipinski definition) is 3. The van der Waals surface area contributed by atoms with Gasteiger partial charge in [-0.3, -0.25) is 0 Å². The maximum absolute atomic E-state index is 5.99. The Hall–Kier alpha value is -0.0900. The average molecular weight is 274 g/mol. The molecule has 0 spiro atoms. The van der Waals surface area contributed by atoms with Crippen LogP contribution >= 0.6 is 22.9 Å². The minimum absolute atomic E-state index is 0.262. The van der Waals surface area contributed by atoms with Crippen LogP contribution in [0.5, 0.6) is 0 Å². The van der Waals surface area contributed by atoms with Crippen molar-refractivity contribution in [1.82, 2.24) is 5.32 Å². The van der Waals surface area contributed by atoms with Crippen molar-refractivity contribution in [3.8, 4) is 0 Å². The van der Waals surface area contributed by atoms with Crippen LogP contribution in [0.4, 0.5) is 0 Å². The van der Waals surface area contributed by atoms with Crippen molar-refractivity contribution in [3.05, 3.63) is 21.3 Å². The molecule has 1 N–H and O–H groups in total. The SMILES string of the molecule is CC(C)NCC1(Cc2ccc(Cl)s2)CCOC1. The Morgan fingerprint density at radius 2 is 2.35 bits per heavy atom. The van der Waals surface area contributed by atoms with Crippen LogP contribution in [0.1, 0.15) is 25.1 Å². The van der Waals surface area contributed by atoms with E-state index in [-0.39, 0.29) is 5.41 Å². The molecule has 2 rings (SSSR count). The van der Waals surface area contributed by atoms with Gasteiger partial charge in [0.2, 0.25) is 0 Å². The van der Waals surface area contributed by atoms with Gasteiger partial charge in [-0.15, -0.1) is 11.3 Å². The molecule has 1 fully saturated rings. The Balaban J connectivity index is 2.01. The number of nitrogens with one attached hydrogen (secondary N) is 1. The van der Waals surface area contributed by atoms with Crippen LogP contribution in [-0.2, 0) is 11.2 Å². The van der Waals surface area contributed by atoms with E-state index in [1.165, 1.54) is 4.88 Å². The molecule has 0 amide bonds. The standard InChI is InChI=1S/C13H20ClNOS/c1-10(2)15-8-13(5-6-16-9-13)7-11-3-4-12(14)17-11/h3-4,10,15H,5-9H2,1-2H3. The number of thiophene rings is 1. The number of hydrogen-bond donors (Lipinski definition) is 1. The Kier molecular flexibility index (Phi) is 4.47. The second-order valence-electron chi connectivity index (χ2n) is 5.22. The second-order valence-corrected chi connectivity index (χ2v) is 7.02. The number of halogens is 1. The van der Waals surface area contributed by atoms with Crippen LogP contribution in [0.2, 0.25) is 4.34 Å². The first-order valence-corrected chi connectivity index (χ1v) is 7.34. The van der Waals surface area contributed by atoms with Crippen LogP contribution in [0, 0.1) is 5.41 Å². The molecule has 1 aromatic heterocycles. The van der Waals surface area contributed by atoms with Crippen molar-refractivity contribution in [2.75, 3.05) is 19.8 Å². The molecule has 1 atom stereocenters. The molecule has 1 saturated heterocycles. The van der Waals surface area contributed by atoms with E-state index in [1.54, 1.807) is 11.3 Å². The lowest BCUT2D eigenvalue weighted by molar-refractivity contribution is 0.148. The monoisotopic (exact) mass is 273 g/mol. The molecule has 1 unspecified atom stereocenters. The summed E-state index contributed by atoms with van der Waals surface area (Å²) in [4.78, 5) is 1.37. The van der Waals surface area contributed by atoms with Crippen molar-refractivity contribution in [3.63, 3.8) is 0 Å². The smallest absolute Gasteiger partial charge is 0.0931 e. The lowest BCUT2D eigenvalue weighted by atomic mass is 9.83. The van der Waals surface area contributed by atoms with Gasteiger partial charge in [0.25, 0.3) is 0 Å². The summed E-state index contributed by atoms with van der Waals surface area (Å²) in [6, 6.07) is 4.66. The Morgan fingerprint density at radius 1 is 1.53 bits per heavy atom. The van der Waals surface area contributed by atoms with Gasteiger partial charge in [0.15, 0.2) is 0 Å². The third-order valence-corrected chi connectivity index (χ3v) is 4.48. The summed E-state index contributed by atoms with van der Waals surface area (Å²) in [5.41, 5.74) is 0.262. The molecule has 1 aromatic rings. The largest absolute Gasteiger partial charge is 0.381 e. The number of rotatable bonds is 5. The highest BCUT2D eigenvalue weighted by Gasteiger charge is 2.35. The molecule has 96 valence electrons. The summed E-state index contributed by atoms with van der Waals surface area (Å²) in [5, 5.41) is 3.55. The molecule has 1 aliphatic rings. The zero-order valence-electron chi connectivity index (χ0n) is 10.5. The molecule has 4 heteroatoms. The minimum Gasteiger partial charge on any atom is -0.381 e. The van der Waals surface area contributed by atoms with Crippen molar-refractivity contribution in [1.29, 1.82) is 0 Å². The van der Waals surface area contributed by atoms with E-state index >= 15 is 0 Å². The van der Waals surface area contributed by atoms with Crippen LogP contribution in [-0.4, -0.2) is 25.8 Å². The fourth-order valence-electron chi connectivity index (χ4n) is 2.23. The molecular weight excluding hydrogens is 254 g/mol. The third kappa shape index (κ3) is 3.68. The molecular formula is C13H20ClNOS. The average Bonchev–Trinajstić information content (AvgIpc) is 2.87. The molecule has 0 saturated carbocycles. The third-order valence-electron chi connectivity index (χ3n) is 3.25. The fraction of sp³-hybridized carbons (Fsp3) is 0.692. The lowest BCUT2D eigenvalue weighted by Gasteiger charge is -2.28. The van der Waals surface area contributed by atoms with Crippen molar-refractivity contribution in [2.24, 2.45) is 5.41 Å². The molecule has 2 heterocycles. The van der Waals surface area contributed by atoms with E-state index in [0.717, 1.165) is 36.9 Å². The molecule has 0 bridgehead atoms. The molecule has 0 radical (unpaired) electrons. The molecule has 0 aromatic carbocycles. The van der Waals surface area contributed by atoms with E-state index in [2.05, 4.69) is 25.2 Å². The van der Waals surface area contributed by atoms with Crippen molar-refractivity contribution >= 4 is 22.9 Å². The summed E-state index contributed by atoms with van der Waals surface area (Å²) in [7, 11) is 0. The van der Waals surface area contributed by atoms with Gasteiger partial charge in [-0.05, 0) is 25.0 Å². The van der Waals surface area contributed by atoms with Gasteiger partial charge in [-0.2, -0.15) is 0 Å². The summed E-state index contributed by atoms with van der Waals surface area (Å²) in [5.74, 6) is 0. The maximum Gasteiger partial charge on any atom is 0.0931 e. The predicted molar refractivity (Wildman–Crippen MR) is 74.0 cm³/mol. The Bertz CT molecular complexity index is 358. The van der Waals surface area contributed by atoms with Crippen molar-refractivity contribution < 1.29 is 4.74 Å². The fourth-order valence-corrected chi connectivity index (χ4v) is 3.49. The highest BCUT2D eigenvalue weighted by atomic mass is 35.5. The van der Waals surface area contributed by atoms with Crippen LogP contribution < -0.4 is 5.32 Å². The van der Waals surface area contributed by atoms with Gasteiger partial charge >= 0.3 is 0 Å². The normalized spacial score (nSPS) is 24.7. The quantitative estimate of drug-likeness (QED) is 0.888. The Labute approximate surface area is 112 Å². The predicted octanol–water partition coefficient (Wildman–Crippen LogP) is 3.35. The highest BCUT2D eigenvalue weighted by molar-refractivity contribution is 7.16. The summed E-state index contributed by atoms with van der Waals surface area (Å²) in [6.07, 6.45) is 2.21. The van der Waals surface area contributed by atoms with Gasteiger partial charge in [0.1, 0.15) is 0 Å². The summed E-state index contributed by atoms with van der Waals surface area (Å²) < 4.78 is 6.48. The molecule has 0 aliphatic carbocycles. The maximum atomic E-state index is 5.99. The van der Waals surface area contributed by atoms with E-state index in [0.29, 0.717) is 6.04 Å². The first kappa shape index (κ1) is 13.3. The minimum atomic E-state index is 0.262. The van der Waals surface area contributed by atoms with Crippen LogP contribution in [0.15, 0.2) is 12.1 Å². The summed E-state index contributed by atoms with van der Waals surface area (Å²) in [6.45, 7) is 7.15. The lowest BCUT2D eigenvalue weighted by Crippen LogP contribution is -2.39. The molecule has 1 aliphatic heterocycles. The van der Waals surface area contributed by atoms with Crippen LogP contribution in [0.25, 0.3) is 0 Å². The highest BCUT2D eigenvalue weighted by Crippen LogP contribution is 2.35. The first-order chi connectivity index (χ1) is 8.10. The van der Waals surface area contributed by atoms with Gasteiger partial charge in [-0.25, -0.2) is 0 Å². The summed E-state index contributed by atoms with van der Waals surface area (Å²) >= 11 is 7.68. The molecule has 17 heavy (non-hydrogen) atoms. The zero-order valence-corrected chi connectivity index (χ0v) is 12.0. The van der Waals surface area contributed by atoms with E-state index in [1.807, 2.05) is 6.07 Å². The second kappa shape index (κ2) is 5.70. The van der Waals surface area contributed by atoms with Crippen molar-refractivity contribution in [2.45, 2.75) is 32.7 Å². The van der Waals surface area contributed by atoms with Gasteiger partial charge in [-0.1, -0.05) is 25.4 Å². The van der Waals surface area contributed by atoms with Gasteiger partial charge in [0, 0.05) is 29.5 Å². The van der Waals surface area contributed by atoms with E-state index in [4.69, 9.17) is 16.3 Å². The van der Waals surface area contributed by atoms with E-state index in [9.17, 15) is 0 Å². The Morgan fingerprint density at radius 3 is 2.88 bits per heavy atom. The van der Waals surface area contributed by atoms with Gasteiger partial charge in [0.05, 0.1) is 10.9 Å². The van der Waals surface area contributed by atoms with Crippen LogP contribution in [0.3, 0.4) is 0 Å².